The van der Waals surface area contributed by atoms with Crippen molar-refractivity contribution in [2.24, 2.45) is 0 Å². The van der Waals surface area contributed by atoms with E-state index in [1.807, 2.05) is 13.8 Å². The summed E-state index contributed by atoms with van der Waals surface area (Å²) in [5.41, 5.74) is 2.63. The topological polar surface area (TPSA) is 61.1 Å². The Morgan fingerprint density at radius 2 is 2.06 bits per heavy atom. The van der Waals surface area contributed by atoms with E-state index in [-0.39, 0.29) is 0 Å². The Morgan fingerprint density at radius 1 is 1.44 bits per heavy atom. The summed E-state index contributed by atoms with van der Waals surface area (Å²) in [4.78, 5) is 11.3. The largest absolute Gasteiger partial charge is 0.481 e. The van der Waals surface area contributed by atoms with E-state index in [9.17, 15) is 9.90 Å². The molecule has 16 heavy (non-hydrogen) atoms. The molecule has 0 aromatic heterocycles. The lowest BCUT2D eigenvalue weighted by atomic mass is 9.88. The molecule has 2 rings (SSSR count). The van der Waals surface area contributed by atoms with E-state index in [0.29, 0.717) is 18.4 Å². The van der Waals surface area contributed by atoms with Gasteiger partial charge in [0.2, 0.25) is 0 Å². The highest BCUT2D eigenvalue weighted by Gasteiger charge is 2.52. The fourth-order valence-corrected chi connectivity index (χ4v) is 2.14. The van der Waals surface area contributed by atoms with Crippen molar-refractivity contribution in [3.8, 4) is 6.07 Å². The maximum absolute atomic E-state index is 11.3. The van der Waals surface area contributed by atoms with E-state index < -0.39 is 11.4 Å². The normalized spacial score (nSPS) is 16.6. The van der Waals surface area contributed by atoms with Crippen LogP contribution in [-0.2, 0) is 10.2 Å². The number of aliphatic carboxylic acids is 1. The second kappa shape index (κ2) is 3.34. The van der Waals surface area contributed by atoms with Gasteiger partial charge >= 0.3 is 5.97 Å². The molecule has 3 nitrogen and oxygen atoms in total. The molecule has 0 spiro atoms. The second-order valence-electron chi connectivity index (χ2n) is 4.46. The molecule has 0 saturated heterocycles. The maximum Gasteiger partial charge on any atom is 0.314 e. The van der Waals surface area contributed by atoms with Crippen LogP contribution in [0.15, 0.2) is 12.1 Å². The van der Waals surface area contributed by atoms with Crippen molar-refractivity contribution in [1.82, 2.24) is 0 Å². The van der Waals surface area contributed by atoms with Gasteiger partial charge in [-0.2, -0.15) is 5.26 Å². The zero-order chi connectivity index (χ0) is 11.9. The van der Waals surface area contributed by atoms with Gasteiger partial charge in [0.05, 0.1) is 17.0 Å². The molecule has 0 unspecified atom stereocenters. The van der Waals surface area contributed by atoms with Gasteiger partial charge in [0.1, 0.15) is 0 Å². The summed E-state index contributed by atoms with van der Waals surface area (Å²) >= 11 is 0. The molecular formula is C13H13NO2. The van der Waals surface area contributed by atoms with Crippen LogP contribution in [0.1, 0.15) is 35.1 Å². The van der Waals surface area contributed by atoms with Gasteiger partial charge in [-0.05, 0) is 55.5 Å². The van der Waals surface area contributed by atoms with E-state index in [4.69, 9.17) is 5.26 Å². The summed E-state index contributed by atoms with van der Waals surface area (Å²) in [5.74, 6) is -0.773. The van der Waals surface area contributed by atoms with E-state index in [2.05, 4.69) is 6.07 Å². The third-order valence-corrected chi connectivity index (χ3v) is 3.47. The van der Waals surface area contributed by atoms with Crippen LogP contribution in [-0.4, -0.2) is 11.1 Å². The Morgan fingerprint density at radius 3 is 2.50 bits per heavy atom. The second-order valence-corrected chi connectivity index (χ2v) is 4.46. The van der Waals surface area contributed by atoms with Crippen LogP contribution < -0.4 is 0 Å². The van der Waals surface area contributed by atoms with Crippen LogP contribution in [0.5, 0.6) is 0 Å². The number of hydrogen-bond acceptors (Lipinski definition) is 2. The number of carbonyl (C=O) groups is 1. The number of hydrogen-bond donors (Lipinski definition) is 1. The highest BCUT2D eigenvalue weighted by Crippen LogP contribution is 2.50. The van der Waals surface area contributed by atoms with Crippen molar-refractivity contribution in [2.45, 2.75) is 32.1 Å². The Hall–Kier alpha value is -1.82. The van der Waals surface area contributed by atoms with E-state index in [0.717, 1.165) is 16.7 Å². The average molecular weight is 215 g/mol. The van der Waals surface area contributed by atoms with Crippen LogP contribution in [0.2, 0.25) is 0 Å². The van der Waals surface area contributed by atoms with Crippen LogP contribution in [0, 0.1) is 25.2 Å². The van der Waals surface area contributed by atoms with Gasteiger partial charge in [0, 0.05) is 0 Å². The standard InChI is InChI=1S/C13H13NO2/c1-8-5-10(7-14)6-11(9(8)2)13(3-4-13)12(15)16/h5-6H,3-4H2,1-2H3,(H,15,16). The van der Waals surface area contributed by atoms with Crippen LogP contribution in [0.3, 0.4) is 0 Å². The van der Waals surface area contributed by atoms with Gasteiger partial charge in [-0.3, -0.25) is 4.79 Å². The number of aryl methyl sites for hydroxylation is 1. The molecule has 3 heteroatoms. The molecule has 0 bridgehead atoms. The minimum atomic E-state index is -0.773. The lowest BCUT2D eigenvalue weighted by Crippen LogP contribution is -2.21. The Balaban J connectivity index is 2.62. The first kappa shape index (κ1) is 10.7. The van der Waals surface area contributed by atoms with Crippen LogP contribution in [0.25, 0.3) is 0 Å². The summed E-state index contributed by atoms with van der Waals surface area (Å²) in [7, 11) is 0. The van der Waals surface area contributed by atoms with Crippen molar-refractivity contribution in [3.63, 3.8) is 0 Å². The number of benzene rings is 1. The van der Waals surface area contributed by atoms with Crippen molar-refractivity contribution < 1.29 is 9.90 Å². The minimum Gasteiger partial charge on any atom is -0.481 e. The zero-order valence-corrected chi connectivity index (χ0v) is 9.37. The molecule has 1 saturated carbocycles. The lowest BCUT2D eigenvalue weighted by molar-refractivity contribution is -0.140. The molecule has 0 radical (unpaired) electrons. The number of nitrogens with zero attached hydrogens (tertiary/aromatic N) is 1. The van der Waals surface area contributed by atoms with Crippen LogP contribution in [0.4, 0.5) is 0 Å². The highest BCUT2D eigenvalue weighted by molar-refractivity contribution is 5.85. The van der Waals surface area contributed by atoms with Crippen molar-refractivity contribution in [1.29, 1.82) is 5.26 Å². The Bertz CT molecular complexity index is 507. The van der Waals surface area contributed by atoms with Gasteiger partial charge in [-0.25, -0.2) is 0 Å². The maximum atomic E-state index is 11.3. The molecule has 1 aliphatic rings. The molecule has 1 fully saturated rings. The average Bonchev–Trinajstić information content (AvgIpc) is 3.02. The summed E-state index contributed by atoms with van der Waals surface area (Å²) in [6.07, 6.45) is 1.36. The quantitative estimate of drug-likeness (QED) is 0.823. The summed E-state index contributed by atoms with van der Waals surface area (Å²) in [6, 6.07) is 5.61. The van der Waals surface area contributed by atoms with Gasteiger partial charge in [-0.15, -0.1) is 0 Å². The Labute approximate surface area is 94.3 Å². The molecule has 1 N–H and O–H groups in total. The van der Waals surface area contributed by atoms with Gasteiger partial charge in [0.25, 0.3) is 0 Å². The molecule has 0 atom stereocenters. The molecule has 0 aliphatic heterocycles. The van der Waals surface area contributed by atoms with Gasteiger partial charge < -0.3 is 5.11 Å². The molecule has 1 aliphatic carbocycles. The summed E-state index contributed by atoms with van der Waals surface area (Å²) in [5, 5.41) is 18.2. The van der Waals surface area contributed by atoms with Crippen molar-refractivity contribution >= 4 is 5.97 Å². The Kier molecular flexibility index (Phi) is 2.23. The third kappa shape index (κ3) is 1.38. The smallest absolute Gasteiger partial charge is 0.314 e. The number of carboxylic acid groups (broad SMARTS) is 1. The van der Waals surface area contributed by atoms with E-state index in [1.165, 1.54) is 0 Å². The zero-order valence-electron chi connectivity index (χ0n) is 9.37. The molecule has 0 heterocycles. The molecular weight excluding hydrogens is 202 g/mol. The van der Waals surface area contributed by atoms with Crippen LogP contribution >= 0.6 is 0 Å². The summed E-state index contributed by atoms with van der Waals surface area (Å²) in [6.45, 7) is 3.84. The molecule has 1 aromatic rings. The first-order valence-corrected chi connectivity index (χ1v) is 5.26. The highest BCUT2D eigenvalue weighted by atomic mass is 16.4. The molecule has 82 valence electrons. The predicted molar refractivity (Wildman–Crippen MR) is 59.2 cm³/mol. The van der Waals surface area contributed by atoms with E-state index in [1.54, 1.807) is 12.1 Å². The van der Waals surface area contributed by atoms with Gasteiger partial charge in [0.15, 0.2) is 0 Å². The SMILES string of the molecule is Cc1cc(C#N)cc(C2(C(=O)O)CC2)c1C. The first-order valence-electron chi connectivity index (χ1n) is 5.26. The van der Waals surface area contributed by atoms with Crippen molar-refractivity contribution in [2.75, 3.05) is 0 Å². The fraction of sp³-hybridized carbons (Fsp3) is 0.385. The van der Waals surface area contributed by atoms with Crippen molar-refractivity contribution in [3.05, 3.63) is 34.4 Å². The first-order chi connectivity index (χ1) is 7.51. The minimum absolute atomic E-state index is 0.547. The van der Waals surface area contributed by atoms with Gasteiger partial charge in [-0.1, -0.05) is 0 Å². The summed E-state index contributed by atoms with van der Waals surface area (Å²) < 4.78 is 0. The lowest BCUT2D eigenvalue weighted by Gasteiger charge is -2.15. The number of rotatable bonds is 2. The third-order valence-electron chi connectivity index (χ3n) is 3.47. The number of nitriles is 1. The molecule has 0 amide bonds. The molecule has 1 aromatic carbocycles. The monoisotopic (exact) mass is 215 g/mol. The number of carboxylic acids is 1. The van der Waals surface area contributed by atoms with E-state index >= 15 is 0 Å². The fourth-order valence-electron chi connectivity index (χ4n) is 2.14. The predicted octanol–water partition coefficient (Wildman–Crippen LogP) is 2.29.